The Balaban J connectivity index is 2.26. The lowest BCUT2D eigenvalue weighted by molar-refractivity contribution is 0.704. The molecule has 0 bridgehead atoms. The molecule has 0 fully saturated rings. The lowest BCUT2D eigenvalue weighted by atomic mass is 9.78. The van der Waals surface area contributed by atoms with Crippen LogP contribution in [0.15, 0.2) is 54.6 Å². The second kappa shape index (κ2) is 4.23. The van der Waals surface area contributed by atoms with Crippen molar-refractivity contribution >= 4 is 31.7 Å². The maximum atomic E-state index is 2.49. The molecule has 90 valence electrons. The SMILES string of the molecule is CC1(C)C(c2ccccc2)=C(I)c2ccccc21. The number of allylic oxidation sites excluding steroid dienone is 1. The third kappa shape index (κ3) is 1.64. The zero-order valence-electron chi connectivity index (χ0n) is 10.6. The summed E-state index contributed by atoms with van der Waals surface area (Å²) in [6, 6.07) is 19.5. The summed E-state index contributed by atoms with van der Waals surface area (Å²) in [5, 5.41) is 0. The number of hydrogen-bond acceptors (Lipinski definition) is 0. The molecule has 1 heteroatoms. The molecule has 0 unspecified atom stereocenters. The largest absolute Gasteiger partial charge is 0.0622 e. The molecule has 1 aliphatic carbocycles. The van der Waals surface area contributed by atoms with Crippen LogP contribution in [-0.4, -0.2) is 0 Å². The average molecular weight is 346 g/mol. The predicted octanol–water partition coefficient (Wildman–Crippen LogP) is 5.28. The topological polar surface area (TPSA) is 0 Å². The number of benzene rings is 2. The van der Waals surface area contributed by atoms with Gasteiger partial charge in [0, 0.05) is 8.99 Å². The van der Waals surface area contributed by atoms with Gasteiger partial charge in [0.05, 0.1) is 0 Å². The maximum absolute atomic E-state index is 2.49. The monoisotopic (exact) mass is 346 g/mol. The fourth-order valence-corrected chi connectivity index (χ4v) is 4.31. The van der Waals surface area contributed by atoms with Crippen LogP contribution in [0.25, 0.3) is 9.15 Å². The van der Waals surface area contributed by atoms with Gasteiger partial charge in [0.15, 0.2) is 0 Å². The Hall–Kier alpha value is -1.09. The first-order valence-electron chi connectivity index (χ1n) is 6.18. The Morgan fingerprint density at radius 3 is 2.11 bits per heavy atom. The predicted molar refractivity (Wildman–Crippen MR) is 86.7 cm³/mol. The van der Waals surface area contributed by atoms with Gasteiger partial charge in [-0.2, -0.15) is 0 Å². The van der Waals surface area contributed by atoms with Gasteiger partial charge >= 0.3 is 0 Å². The van der Waals surface area contributed by atoms with E-state index in [1.54, 1.807) is 0 Å². The number of fused-ring (bicyclic) bond motifs is 1. The van der Waals surface area contributed by atoms with Gasteiger partial charge in [-0.3, -0.25) is 0 Å². The number of rotatable bonds is 1. The van der Waals surface area contributed by atoms with Crippen molar-refractivity contribution in [1.82, 2.24) is 0 Å². The van der Waals surface area contributed by atoms with Crippen molar-refractivity contribution in [2.45, 2.75) is 19.3 Å². The summed E-state index contributed by atoms with van der Waals surface area (Å²) < 4.78 is 1.39. The second-order valence-electron chi connectivity index (χ2n) is 5.23. The number of hydrogen-bond donors (Lipinski definition) is 0. The highest BCUT2D eigenvalue weighted by Gasteiger charge is 2.37. The van der Waals surface area contributed by atoms with Crippen LogP contribution < -0.4 is 0 Å². The third-order valence-electron chi connectivity index (χ3n) is 3.74. The van der Waals surface area contributed by atoms with Crippen LogP contribution in [0.1, 0.15) is 30.5 Å². The van der Waals surface area contributed by atoms with Gasteiger partial charge in [-0.15, -0.1) is 0 Å². The van der Waals surface area contributed by atoms with Crippen molar-refractivity contribution in [2.75, 3.05) is 0 Å². The van der Waals surface area contributed by atoms with Crippen LogP contribution in [0.3, 0.4) is 0 Å². The van der Waals surface area contributed by atoms with E-state index in [-0.39, 0.29) is 5.41 Å². The van der Waals surface area contributed by atoms with Crippen LogP contribution in [0, 0.1) is 0 Å². The van der Waals surface area contributed by atoms with E-state index in [9.17, 15) is 0 Å². The summed E-state index contributed by atoms with van der Waals surface area (Å²) in [6.45, 7) is 4.64. The van der Waals surface area contributed by atoms with Gasteiger partial charge in [-0.25, -0.2) is 0 Å². The molecule has 0 aliphatic heterocycles. The van der Waals surface area contributed by atoms with Gasteiger partial charge in [-0.1, -0.05) is 68.4 Å². The molecular formula is C17H15I. The molecule has 0 amide bonds. The van der Waals surface area contributed by atoms with Crippen LogP contribution in [0.4, 0.5) is 0 Å². The highest BCUT2D eigenvalue weighted by molar-refractivity contribution is 14.1. The molecule has 0 nitrogen and oxygen atoms in total. The highest BCUT2D eigenvalue weighted by atomic mass is 127. The van der Waals surface area contributed by atoms with Crippen molar-refractivity contribution in [3.63, 3.8) is 0 Å². The van der Waals surface area contributed by atoms with Crippen molar-refractivity contribution in [1.29, 1.82) is 0 Å². The quantitative estimate of drug-likeness (QED) is 0.616. The van der Waals surface area contributed by atoms with E-state index in [2.05, 4.69) is 91.0 Å². The average Bonchev–Trinajstić information content (AvgIpc) is 2.59. The third-order valence-corrected chi connectivity index (χ3v) is 4.86. The molecule has 0 spiro atoms. The summed E-state index contributed by atoms with van der Waals surface area (Å²) >= 11 is 2.49. The first kappa shape index (κ1) is 12.0. The molecule has 2 aromatic carbocycles. The molecule has 0 aromatic heterocycles. The van der Waals surface area contributed by atoms with E-state index in [4.69, 9.17) is 0 Å². The molecule has 0 radical (unpaired) electrons. The Labute approximate surface area is 122 Å². The van der Waals surface area contributed by atoms with Gasteiger partial charge < -0.3 is 0 Å². The smallest absolute Gasteiger partial charge is 0.0252 e. The molecule has 2 aromatic rings. The highest BCUT2D eigenvalue weighted by Crippen LogP contribution is 2.52. The van der Waals surface area contributed by atoms with Crippen molar-refractivity contribution < 1.29 is 0 Å². The van der Waals surface area contributed by atoms with Crippen molar-refractivity contribution in [3.05, 3.63) is 71.3 Å². The molecule has 18 heavy (non-hydrogen) atoms. The molecule has 0 saturated carbocycles. The van der Waals surface area contributed by atoms with E-state index in [1.807, 2.05) is 0 Å². The Kier molecular flexibility index (Phi) is 2.81. The fourth-order valence-electron chi connectivity index (χ4n) is 2.86. The summed E-state index contributed by atoms with van der Waals surface area (Å²) in [7, 11) is 0. The van der Waals surface area contributed by atoms with E-state index < -0.39 is 0 Å². The van der Waals surface area contributed by atoms with Gasteiger partial charge in [0.25, 0.3) is 0 Å². The summed E-state index contributed by atoms with van der Waals surface area (Å²) in [4.78, 5) is 0. The summed E-state index contributed by atoms with van der Waals surface area (Å²) in [5.41, 5.74) is 5.71. The molecule has 0 atom stereocenters. The van der Waals surface area contributed by atoms with Gasteiger partial charge in [0.2, 0.25) is 0 Å². The first-order chi connectivity index (χ1) is 8.62. The Morgan fingerprint density at radius 1 is 0.833 bits per heavy atom. The lowest BCUT2D eigenvalue weighted by Gasteiger charge is -2.24. The molecule has 3 rings (SSSR count). The standard InChI is InChI=1S/C17H15I/c1-17(2)14-11-7-6-10-13(14)16(18)15(17)12-8-4-3-5-9-12/h3-11H,1-2H3. The van der Waals surface area contributed by atoms with E-state index in [0.717, 1.165) is 0 Å². The van der Waals surface area contributed by atoms with Crippen LogP contribution in [0.2, 0.25) is 0 Å². The summed E-state index contributed by atoms with van der Waals surface area (Å²) in [5.74, 6) is 0. The normalized spacial score (nSPS) is 16.8. The molecule has 0 heterocycles. The molecular weight excluding hydrogens is 331 g/mol. The van der Waals surface area contributed by atoms with Crippen LogP contribution >= 0.6 is 22.6 Å². The minimum absolute atomic E-state index is 0.0917. The fraction of sp³-hybridized carbons (Fsp3) is 0.176. The second-order valence-corrected chi connectivity index (χ2v) is 6.30. The molecule has 1 aliphatic rings. The number of halogens is 1. The van der Waals surface area contributed by atoms with Crippen molar-refractivity contribution in [2.24, 2.45) is 0 Å². The summed E-state index contributed by atoms with van der Waals surface area (Å²) in [6.07, 6.45) is 0. The Morgan fingerprint density at radius 2 is 1.44 bits per heavy atom. The molecule has 0 N–H and O–H groups in total. The minimum atomic E-state index is 0.0917. The maximum Gasteiger partial charge on any atom is 0.0252 e. The van der Waals surface area contributed by atoms with E-state index in [1.165, 1.54) is 25.8 Å². The van der Waals surface area contributed by atoms with Gasteiger partial charge in [0.1, 0.15) is 0 Å². The van der Waals surface area contributed by atoms with Crippen molar-refractivity contribution in [3.8, 4) is 0 Å². The first-order valence-corrected chi connectivity index (χ1v) is 7.26. The molecule has 0 saturated heterocycles. The van der Waals surface area contributed by atoms with Gasteiger partial charge in [-0.05, 0) is 44.9 Å². The Bertz CT molecular complexity index is 621. The van der Waals surface area contributed by atoms with E-state index in [0.29, 0.717) is 0 Å². The lowest BCUT2D eigenvalue weighted by Crippen LogP contribution is -2.16. The minimum Gasteiger partial charge on any atom is -0.0622 e. The zero-order valence-corrected chi connectivity index (χ0v) is 12.7. The zero-order chi connectivity index (χ0) is 12.8. The van der Waals surface area contributed by atoms with Crippen LogP contribution in [-0.2, 0) is 5.41 Å². The van der Waals surface area contributed by atoms with E-state index >= 15 is 0 Å². The van der Waals surface area contributed by atoms with Crippen LogP contribution in [0.5, 0.6) is 0 Å².